The van der Waals surface area contributed by atoms with Crippen LogP contribution < -0.4 is 5.32 Å². The summed E-state index contributed by atoms with van der Waals surface area (Å²) in [5.74, 6) is 1.80. The number of nitrogens with one attached hydrogen (secondary N) is 1. The van der Waals surface area contributed by atoms with Crippen LogP contribution in [0.1, 0.15) is 26.7 Å². The van der Waals surface area contributed by atoms with Crippen molar-refractivity contribution in [3.63, 3.8) is 0 Å². The van der Waals surface area contributed by atoms with Gasteiger partial charge in [0, 0.05) is 12.6 Å². The first-order valence-electron chi connectivity index (χ1n) is 6.38. The van der Waals surface area contributed by atoms with Crippen molar-refractivity contribution >= 4 is 23.8 Å². The van der Waals surface area contributed by atoms with Gasteiger partial charge in [-0.2, -0.15) is 11.8 Å². The van der Waals surface area contributed by atoms with Gasteiger partial charge in [0.2, 0.25) is 0 Å². The Labute approximate surface area is 112 Å². The van der Waals surface area contributed by atoms with Crippen molar-refractivity contribution < 1.29 is 14.7 Å². The fourth-order valence-electron chi connectivity index (χ4n) is 1.87. The average Bonchev–Trinajstić information content (AvgIpc) is 2.85. The molecule has 0 aromatic heterocycles. The Bertz CT molecular complexity index is 293. The molecule has 0 bridgehead atoms. The molecule has 104 valence electrons. The highest BCUT2D eigenvalue weighted by atomic mass is 32.2. The molecule has 2 N–H and O–H groups in total. The standard InChI is InChI=1S/C12H22N2O3S/c1-3-9(2)14(7-11(15)16)12(17)13-6-10-4-5-18-8-10/h9-10H,3-8H2,1-2H3,(H,13,17)(H,15,16). The maximum Gasteiger partial charge on any atom is 0.323 e. The number of amides is 2. The SMILES string of the molecule is CCC(C)N(CC(=O)O)C(=O)NCC1CCSC1. The summed E-state index contributed by atoms with van der Waals surface area (Å²) in [6, 6.07) is -0.317. The van der Waals surface area contributed by atoms with Crippen molar-refractivity contribution in [1.29, 1.82) is 0 Å². The van der Waals surface area contributed by atoms with E-state index in [1.807, 2.05) is 25.6 Å². The van der Waals surface area contributed by atoms with E-state index < -0.39 is 5.97 Å². The molecule has 0 spiro atoms. The lowest BCUT2D eigenvalue weighted by molar-refractivity contribution is -0.138. The van der Waals surface area contributed by atoms with Crippen molar-refractivity contribution in [2.75, 3.05) is 24.6 Å². The molecule has 2 atom stereocenters. The molecule has 1 saturated heterocycles. The average molecular weight is 274 g/mol. The van der Waals surface area contributed by atoms with E-state index in [0.717, 1.165) is 24.3 Å². The fraction of sp³-hybridized carbons (Fsp3) is 0.833. The minimum Gasteiger partial charge on any atom is -0.480 e. The summed E-state index contributed by atoms with van der Waals surface area (Å²) in [5.41, 5.74) is 0. The molecule has 18 heavy (non-hydrogen) atoms. The Morgan fingerprint density at radius 3 is 2.78 bits per heavy atom. The summed E-state index contributed by atoms with van der Waals surface area (Å²) in [6.45, 7) is 4.23. The third kappa shape index (κ3) is 4.76. The third-order valence-corrected chi connectivity index (χ3v) is 4.49. The van der Waals surface area contributed by atoms with Gasteiger partial charge >= 0.3 is 12.0 Å². The van der Waals surface area contributed by atoms with Gasteiger partial charge in [-0.15, -0.1) is 0 Å². The Morgan fingerprint density at radius 1 is 1.56 bits per heavy atom. The quantitative estimate of drug-likeness (QED) is 0.772. The maximum absolute atomic E-state index is 12.0. The number of urea groups is 1. The Balaban J connectivity index is 2.44. The molecule has 0 aromatic carbocycles. The summed E-state index contributed by atoms with van der Waals surface area (Å²) < 4.78 is 0. The smallest absolute Gasteiger partial charge is 0.323 e. The molecule has 1 rings (SSSR count). The van der Waals surface area contributed by atoms with Gasteiger partial charge in [0.25, 0.3) is 0 Å². The third-order valence-electron chi connectivity index (χ3n) is 3.26. The van der Waals surface area contributed by atoms with Gasteiger partial charge in [0.15, 0.2) is 0 Å². The number of rotatable bonds is 6. The Hall–Kier alpha value is -0.910. The minimum absolute atomic E-state index is 0.0564. The molecule has 2 unspecified atom stereocenters. The van der Waals surface area contributed by atoms with Crippen LogP contribution in [0, 0.1) is 5.92 Å². The van der Waals surface area contributed by atoms with Crippen molar-refractivity contribution in [1.82, 2.24) is 10.2 Å². The molecule has 0 aliphatic carbocycles. The molecule has 1 aliphatic rings. The lowest BCUT2D eigenvalue weighted by Crippen LogP contribution is -2.48. The zero-order valence-electron chi connectivity index (χ0n) is 11.0. The van der Waals surface area contributed by atoms with E-state index in [-0.39, 0.29) is 18.6 Å². The highest BCUT2D eigenvalue weighted by Crippen LogP contribution is 2.22. The largest absolute Gasteiger partial charge is 0.480 e. The van der Waals surface area contributed by atoms with Gasteiger partial charge < -0.3 is 15.3 Å². The van der Waals surface area contributed by atoms with E-state index in [2.05, 4.69) is 5.32 Å². The second kappa shape index (κ2) is 7.51. The molecule has 1 aliphatic heterocycles. The number of carboxylic acid groups (broad SMARTS) is 1. The lowest BCUT2D eigenvalue weighted by Gasteiger charge is -2.27. The van der Waals surface area contributed by atoms with Crippen molar-refractivity contribution in [2.45, 2.75) is 32.7 Å². The van der Waals surface area contributed by atoms with Crippen LogP contribution in [0.25, 0.3) is 0 Å². The summed E-state index contributed by atoms with van der Waals surface area (Å²) in [5, 5.41) is 11.7. The van der Waals surface area contributed by atoms with Crippen LogP contribution in [0.3, 0.4) is 0 Å². The number of carbonyl (C=O) groups is 2. The van der Waals surface area contributed by atoms with Crippen LogP contribution in [0.15, 0.2) is 0 Å². The predicted molar refractivity (Wildman–Crippen MR) is 72.9 cm³/mol. The zero-order valence-corrected chi connectivity index (χ0v) is 11.8. The van der Waals surface area contributed by atoms with Crippen molar-refractivity contribution in [2.24, 2.45) is 5.92 Å². The van der Waals surface area contributed by atoms with Crippen LogP contribution in [0.2, 0.25) is 0 Å². The molecule has 6 heteroatoms. The van der Waals surface area contributed by atoms with E-state index in [0.29, 0.717) is 12.5 Å². The second-order valence-corrected chi connectivity index (χ2v) is 5.84. The molecule has 0 aromatic rings. The van der Waals surface area contributed by atoms with Gasteiger partial charge in [0.05, 0.1) is 0 Å². The zero-order chi connectivity index (χ0) is 13.5. The maximum atomic E-state index is 12.0. The number of hydrogen-bond donors (Lipinski definition) is 2. The number of hydrogen-bond acceptors (Lipinski definition) is 3. The molecular weight excluding hydrogens is 252 g/mol. The topological polar surface area (TPSA) is 69.6 Å². The fourth-order valence-corrected chi connectivity index (χ4v) is 3.16. The molecule has 1 heterocycles. The van der Waals surface area contributed by atoms with E-state index in [4.69, 9.17) is 5.11 Å². The summed E-state index contributed by atoms with van der Waals surface area (Å²) in [6.07, 6.45) is 1.88. The lowest BCUT2D eigenvalue weighted by atomic mass is 10.1. The number of carbonyl (C=O) groups excluding carboxylic acids is 1. The first-order valence-corrected chi connectivity index (χ1v) is 7.54. The Kier molecular flexibility index (Phi) is 6.32. The molecular formula is C12H22N2O3S. The van der Waals surface area contributed by atoms with Gasteiger partial charge in [-0.3, -0.25) is 4.79 Å². The first-order chi connectivity index (χ1) is 8.54. The molecule has 0 saturated carbocycles. The number of thioether (sulfide) groups is 1. The van der Waals surface area contributed by atoms with Crippen LogP contribution in [-0.2, 0) is 4.79 Å². The van der Waals surface area contributed by atoms with Crippen molar-refractivity contribution in [3.05, 3.63) is 0 Å². The first kappa shape index (κ1) is 15.1. The van der Waals surface area contributed by atoms with E-state index in [1.165, 1.54) is 4.90 Å². The molecule has 1 fully saturated rings. The van der Waals surface area contributed by atoms with E-state index in [1.54, 1.807) is 0 Å². The van der Waals surface area contributed by atoms with Crippen molar-refractivity contribution in [3.8, 4) is 0 Å². The number of aliphatic carboxylic acids is 1. The highest BCUT2D eigenvalue weighted by Gasteiger charge is 2.23. The normalized spacial score (nSPS) is 20.4. The van der Waals surface area contributed by atoms with E-state index in [9.17, 15) is 9.59 Å². The predicted octanol–water partition coefficient (Wildman–Crippen LogP) is 1.63. The highest BCUT2D eigenvalue weighted by molar-refractivity contribution is 7.99. The summed E-state index contributed by atoms with van der Waals surface area (Å²) in [7, 11) is 0. The molecule has 5 nitrogen and oxygen atoms in total. The minimum atomic E-state index is -0.970. The number of carboxylic acids is 1. The van der Waals surface area contributed by atoms with Gasteiger partial charge in [-0.25, -0.2) is 4.79 Å². The molecule has 0 radical (unpaired) electrons. The Morgan fingerprint density at radius 2 is 2.28 bits per heavy atom. The van der Waals surface area contributed by atoms with Crippen LogP contribution >= 0.6 is 11.8 Å². The second-order valence-electron chi connectivity index (χ2n) is 4.69. The van der Waals surface area contributed by atoms with Crippen LogP contribution in [0.5, 0.6) is 0 Å². The van der Waals surface area contributed by atoms with Gasteiger partial charge in [-0.1, -0.05) is 6.92 Å². The summed E-state index contributed by atoms with van der Waals surface area (Å²) >= 11 is 1.90. The van der Waals surface area contributed by atoms with Gasteiger partial charge in [-0.05, 0) is 37.2 Å². The number of nitrogens with zero attached hydrogens (tertiary/aromatic N) is 1. The van der Waals surface area contributed by atoms with E-state index >= 15 is 0 Å². The monoisotopic (exact) mass is 274 g/mol. The van der Waals surface area contributed by atoms with Crippen LogP contribution in [0.4, 0.5) is 4.79 Å². The molecule has 2 amide bonds. The summed E-state index contributed by atoms with van der Waals surface area (Å²) in [4.78, 5) is 24.1. The van der Waals surface area contributed by atoms with Gasteiger partial charge in [0.1, 0.15) is 6.54 Å². The van der Waals surface area contributed by atoms with Crippen LogP contribution in [-0.4, -0.2) is 52.6 Å².